The summed E-state index contributed by atoms with van der Waals surface area (Å²) in [5.41, 5.74) is -0.565. The van der Waals surface area contributed by atoms with Crippen LogP contribution in [-0.2, 0) is 47.5 Å². The fraction of sp³-hybridized carbons (Fsp3) is 0.907. The topological polar surface area (TPSA) is 209 Å². The highest BCUT2D eigenvalue weighted by atomic mass is 16.7. The van der Waals surface area contributed by atoms with Crippen molar-refractivity contribution in [2.75, 3.05) is 6.61 Å². The normalized spacial score (nSPS) is 53.2. The van der Waals surface area contributed by atoms with Crippen LogP contribution in [0, 0.1) is 34.5 Å². The largest absolute Gasteiger partial charge is 0.459 e. The van der Waals surface area contributed by atoms with Gasteiger partial charge in [0.15, 0.2) is 18.9 Å². The number of fused-ring (bicyclic) bond motifs is 5. The fourth-order valence-electron chi connectivity index (χ4n) is 13.1. The lowest BCUT2D eigenvalue weighted by Crippen LogP contribution is -2.65. The van der Waals surface area contributed by atoms with E-state index in [4.69, 9.17) is 37.9 Å². The Hall–Kier alpha value is -1.76. The molecule has 15 heteroatoms. The number of cyclic esters (lactones) is 1. The molecule has 4 aliphatic heterocycles. The molecular formula is C43H66O15. The van der Waals surface area contributed by atoms with Crippen LogP contribution in [0.4, 0.5) is 0 Å². The molecule has 0 aromatic heterocycles. The molecule has 3 saturated heterocycles. The third-order valence-electron chi connectivity index (χ3n) is 16.3. The molecule has 0 bridgehead atoms. The van der Waals surface area contributed by atoms with Crippen LogP contribution in [0.25, 0.3) is 0 Å². The maximum absolute atomic E-state index is 12.6. The Kier molecular flexibility index (Phi) is 12.0. The number of ether oxygens (including phenoxy) is 8. The van der Waals surface area contributed by atoms with Crippen molar-refractivity contribution in [2.45, 2.75) is 204 Å². The van der Waals surface area contributed by atoms with Crippen molar-refractivity contribution in [3.63, 3.8) is 0 Å². The van der Waals surface area contributed by atoms with E-state index in [9.17, 15) is 35.1 Å². The summed E-state index contributed by atoms with van der Waals surface area (Å²) in [4.78, 5) is 23.5. The summed E-state index contributed by atoms with van der Waals surface area (Å²) >= 11 is 0. The van der Waals surface area contributed by atoms with Crippen LogP contribution in [-0.4, -0.2) is 136 Å². The molecular weight excluding hydrogens is 756 g/mol. The van der Waals surface area contributed by atoms with Gasteiger partial charge in [-0.2, -0.15) is 0 Å². The summed E-state index contributed by atoms with van der Waals surface area (Å²) in [5.74, 6) is -0.246. The summed E-state index contributed by atoms with van der Waals surface area (Å²) in [7, 11) is 0. The van der Waals surface area contributed by atoms with Crippen LogP contribution >= 0.6 is 0 Å². The molecule has 58 heavy (non-hydrogen) atoms. The molecule has 21 unspecified atom stereocenters. The molecule has 0 spiro atoms. The van der Waals surface area contributed by atoms with Gasteiger partial charge in [-0.1, -0.05) is 13.8 Å². The van der Waals surface area contributed by atoms with Crippen LogP contribution in [0.15, 0.2) is 11.6 Å². The van der Waals surface area contributed by atoms with Crippen LogP contribution in [0.1, 0.15) is 112 Å². The van der Waals surface area contributed by atoms with Gasteiger partial charge in [0, 0.05) is 44.1 Å². The van der Waals surface area contributed by atoms with E-state index in [2.05, 4.69) is 13.8 Å². The van der Waals surface area contributed by atoms with Crippen molar-refractivity contribution in [3.05, 3.63) is 11.6 Å². The van der Waals surface area contributed by atoms with Crippen molar-refractivity contribution in [1.82, 2.24) is 0 Å². The maximum atomic E-state index is 12.6. The van der Waals surface area contributed by atoms with Gasteiger partial charge in [0.05, 0.1) is 48.3 Å². The molecule has 5 N–H and O–H groups in total. The zero-order valence-corrected chi connectivity index (χ0v) is 34.8. The first-order valence-electron chi connectivity index (χ1n) is 21.8. The number of aliphatic hydroxyl groups is 5. The third-order valence-corrected chi connectivity index (χ3v) is 16.3. The highest BCUT2D eigenvalue weighted by Crippen LogP contribution is 2.70. The third kappa shape index (κ3) is 7.49. The number of rotatable bonds is 8. The van der Waals surface area contributed by atoms with Gasteiger partial charge in [0.1, 0.15) is 31.0 Å². The Bertz CT molecular complexity index is 1530. The zero-order valence-electron chi connectivity index (χ0n) is 34.8. The monoisotopic (exact) mass is 822 g/mol. The number of hydrogen-bond donors (Lipinski definition) is 5. The van der Waals surface area contributed by atoms with Gasteiger partial charge in [-0.15, -0.1) is 0 Å². The number of carbonyl (C=O) groups is 2. The Morgan fingerprint density at radius 1 is 0.759 bits per heavy atom. The Morgan fingerprint density at radius 2 is 1.38 bits per heavy atom. The summed E-state index contributed by atoms with van der Waals surface area (Å²) in [6.07, 6.45) is -2.18. The molecule has 0 aromatic rings. The van der Waals surface area contributed by atoms with Crippen molar-refractivity contribution < 1.29 is 73.0 Å². The molecule has 4 saturated carbocycles. The van der Waals surface area contributed by atoms with Crippen molar-refractivity contribution >= 4 is 11.9 Å². The molecule has 0 radical (unpaired) electrons. The zero-order chi connectivity index (χ0) is 41.5. The predicted molar refractivity (Wildman–Crippen MR) is 202 cm³/mol. The minimum Gasteiger partial charge on any atom is -0.459 e. The van der Waals surface area contributed by atoms with Gasteiger partial charge in [0.2, 0.25) is 0 Å². The summed E-state index contributed by atoms with van der Waals surface area (Å²) in [5, 5.41) is 57.4. The van der Waals surface area contributed by atoms with Crippen LogP contribution in [0.5, 0.6) is 0 Å². The average Bonchev–Trinajstić information content (AvgIpc) is 3.69. The fourth-order valence-corrected chi connectivity index (χ4v) is 13.1. The van der Waals surface area contributed by atoms with Gasteiger partial charge in [-0.05, 0) is 100 Å². The minimum absolute atomic E-state index is 0.0659. The van der Waals surface area contributed by atoms with Crippen LogP contribution < -0.4 is 0 Å². The van der Waals surface area contributed by atoms with Gasteiger partial charge in [-0.25, -0.2) is 4.79 Å². The highest BCUT2D eigenvalue weighted by molar-refractivity contribution is 5.85. The van der Waals surface area contributed by atoms with E-state index < -0.39 is 91.5 Å². The highest BCUT2D eigenvalue weighted by Gasteiger charge is 2.69. The average molecular weight is 823 g/mol. The molecule has 7 fully saturated rings. The second-order valence-corrected chi connectivity index (χ2v) is 19.4. The Morgan fingerprint density at radius 3 is 1.98 bits per heavy atom. The van der Waals surface area contributed by atoms with Crippen molar-refractivity contribution in [3.8, 4) is 0 Å². The number of hydrogen-bond acceptors (Lipinski definition) is 15. The van der Waals surface area contributed by atoms with Gasteiger partial charge >= 0.3 is 11.9 Å². The molecule has 4 aliphatic carbocycles. The maximum Gasteiger partial charge on any atom is 0.331 e. The van der Waals surface area contributed by atoms with E-state index in [1.54, 1.807) is 19.9 Å². The molecule has 328 valence electrons. The first-order valence-corrected chi connectivity index (χ1v) is 21.8. The van der Waals surface area contributed by atoms with Crippen molar-refractivity contribution in [2.24, 2.45) is 34.5 Å². The lowest BCUT2D eigenvalue weighted by atomic mass is 9.42. The molecule has 21 atom stereocenters. The second kappa shape index (κ2) is 16.2. The van der Waals surface area contributed by atoms with Gasteiger partial charge in [0.25, 0.3) is 0 Å². The molecule has 15 nitrogen and oxygen atoms in total. The van der Waals surface area contributed by atoms with Crippen molar-refractivity contribution in [1.29, 1.82) is 0 Å². The van der Waals surface area contributed by atoms with Crippen LogP contribution in [0.2, 0.25) is 0 Å². The summed E-state index contributed by atoms with van der Waals surface area (Å²) in [6, 6.07) is 0. The first kappa shape index (κ1) is 42.9. The van der Waals surface area contributed by atoms with Gasteiger partial charge in [-0.3, -0.25) is 4.79 Å². The van der Waals surface area contributed by atoms with E-state index >= 15 is 0 Å². The smallest absolute Gasteiger partial charge is 0.331 e. The van der Waals surface area contributed by atoms with E-state index in [0.717, 1.165) is 44.1 Å². The molecule has 8 rings (SSSR count). The van der Waals surface area contributed by atoms with E-state index in [1.165, 1.54) is 6.92 Å². The Balaban J connectivity index is 0.834. The lowest BCUT2D eigenvalue weighted by molar-refractivity contribution is -0.337. The minimum atomic E-state index is -1.00. The predicted octanol–water partition coefficient (Wildman–Crippen LogP) is 2.79. The summed E-state index contributed by atoms with van der Waals surface area (Å²) < 4.78 is 47.6. The number of aliphatic hydroxyl groups excluding tert-OH is 4. The van der Waals surface area contributed by atoms with E-state index in [-0.39, 0.29) is 65.8 Å². The SMILES string of the molecule is CC(=O)OC1CC(OC2C(O)CC(OC3C(O)CC(OC4CC(O)C5(C)C(CCC6C5CCC5(C)C(C7=CC(=O)OC7)CCC65O)C4)OC3C)OC2C)OC(C)C1O. The van der Waals surface area contributed by atoms with Crippen LogP contribution in [0.3, 0.4) is 0 Å². The number of esters is 2. The quantitative estimate of drug-likeness (QED) is 0.176. The Labute approximate surface area is 341 Å². The second-order valence-electron chi connectivity index (χ2n) is 19.4. The lowest BCUT2D eigenvalue weighted by Gasteiger charge is -2.64. The number of carbonyl (C=O) groups excluding carboxylic acids is 2. The van der Waals surface area contributed by atoms with Gasteiger partial charge < -0.3 is 63.4 Å². The molecule has 0 amide bonds. The molecule has 0 aromatic carbocycles. The summed E-state index contributed by atoms with van der Waals surface area (Å²) in [6.45, 7) is 11.2. The van der Waals surface area contributed by atoms with E-state index in [0.29, 0.717) is 19.4 Å². The molecule has 8 aliphatic rings. The standard InChI is InChI=1S/C43H66O15/c1-20-38(49)32(55-23(4)44)18-37(52-20)58-40-22(3)54-36(17-31(40)46)57-39-21(2)53-35(16-30(39)45)56-26-14-25-7-8-29-28(42(25,6)33(47)15-26)9-11-41(5)27(10-12-43(29,41)50)24-13-34(48)51-19-24/h13,20-22,25-33,35-40,45-47,49-50H,7-12,14-19H2,1-6H3. The van der Waals surface area contributed by atoms with E-state index in [1.807, 2.05) is 6.92 Å². The molecule has 4 heterocycles. The first-order chi connectivity index (χ1) is 27.4.